The molecule has 19 heavy (non-hydrogen) atoms. The van der Waals surface area contributed by atoms with Gasteiger partial charge in [-0.25, -0.2) is 0 Å². The van der Waals surface area contributed by atoms with Gasteiger partial charge in [0.1, 0.15) is 13.2 Å². The second kappa shape index (κ2) is 5.48. The van der Waals surface area contributed by atoms with Crippen LogP contribution in [0.25, 0.3) is 0 Å². The van der Waals surface area contributed by atoms with E-state index >= 15 is 0 Å². The number of hydrogen-bond acceptors (Lipinski definition) is 4. The molecular weight excluding hydrogens is 246 g/mol. The monoisotopic (exact) mass is 265 g/mol. The van der Waals surface area contributed by atoms with Crippen molar-refractivity contribution in [3.8, 4) is 11.5 Å². The lowest BCUT2D eigenvalue weighted by Gasteiger charge is -2.29. The van der Waals surface area contributed by atoms with Crippen molar-refractivity contribution in [2.75, 3.05) is 27.3 Å². The van der Waals surface area contributed by atoms with Crippen LogP contribution in [0.2, 0.25) is 0 Å². The molecule has 104 valence electrons. The van der Waals surface area contributed by atoms with Crippen molar-refractivity contribution in [1.29, 1.82) is 0 Å². The molecule has 2 atom stereocenters. The summed E-state index contributed by atoms with van der Waals surface area (Å²) in [6.45, 7) is 2.79. The lowest BCUT2D eigenvalue weighted by Crippen LogP contribution is -2.30. The summed E-state index contributed by atoms with van der Waals surface area (Å²) in [5, 5.41) is 9.22. The Morgan fingerprint density at radius 2 is 1.89 bits per heavy atom. The Hall–Kier alpha value is -1.75. The Morgan fingerprint density at radius 1 is 1.26 bits per heavy atom. The molecule has 0 aromatic heterocycles. The molecule has 5 heteroatoms. The number of carboxylic acids is 1. The SMILES string of the molecule is CC(C(=O)O)C(c1ccc2c(c1)OCCO2)N(C)C. The highest BCUT2D eigenvalue weighted by atomic mass is 16.6. The number of ether oxygens (including phenoxy) is 2. The van der Waals surface area contributed by atoms with Crippen LogP contribution in [0, 0.1) is 5.92 Å². The zero-order chi connectivity index (χ0) is 14.0. The number of nitrogens with zero attached hydrogens (tertiary/aromatic N) is 1. The quantitative estimate of drug-likeness (QED) is 0.899. The van der Waals surface area contributed by atoms with Crippen LogP contribution in [0.5, 0.6) is 11.5 Å². The molecule has 1 aliphatic heterocycles. The van der Waals surface area contributed by atoms with Gasteiger partial charge in [0, 0.05) is 6.04 Å². The molecule has 0 saturated heterocycles. The van der Waals surface area contributed by atoms with Crippen molar-refractivity contribution in [2.45, 2.75) is 13.0 Å². The van der Waals surface area contributed by atoms with Gasteiger partial charge in [0.25, 0.3) is 0 Å². The smallest absolute Gasteiger partial charge is 0.308 e. The van der Waals surface area contributed by atoms with Crippen molar-refractivity contribution >= 4 is 5.97 Å². The second-order valence-corrected chi connectivity index (χ2v) is 4.94. The van der Waals surface area contributed by atoms with Crippen molar-refractivity contribution in [2.24, 2.45) is 5.92 Å². The predicted molar refractivity (Wildman–Crippen MR) is 70.7 cm³/mol. The fraction of sp³-hybridized carbons (Fsp3) is 0.500. The minimum absolute atomic E-state index is 0.201. The highest BCUT2D eigenvalue weighted by Crippen LogP contribution is 2.36. The number of rotatable bonds is 4. The van der Waals surface area contributed by atoms with Crippen molar-refractivity contribution < 1.29 is 19.4 Å². The van der Waals surface area contributed by atoms with E-state index in [0.717, 1.165) is 11.3 Å². The van der Waals surface area contributed by atoms with Crippen LogP contribution >= 0.6 is 0 Å². The van der Waals surface area contributed by atoms with E-state index in [-0.39, 0.29) is 6.04 Å². The number of carboxylic acid groups (broad SMARTS) is 1. The van der Waals surface area contributed by atoms with Gasteiger partial charge >= 0.3 is 5.97 Å². The summed E-state index contributed by atoms with van der Waals surface area (Å²) >= 11 is 0. The number of hydrogen-bond donors (Lipinski definition) is 1. The van der Waals surface area contributed by atoms with E-state index in [2.05, 4.69) is 0 Å². The molecule has 0 amide bonds. The van der Waals surface area contributed by atoms with Gasteiger partial charge in [-0.2, -0.15) is 0 Å². The number of fused-ring (bicyclic) bond motifs is 1. The fourth-order valence-corrected chi connectivity index (χ4v) is 2.41. The van der Waals surface area contributed by atoms with Gasteiger partial charge in [-0.3, -0.25) is 4.79 Å². The molecule has 0 fully saturated rings. The molecule has 2 rings (SSSR count). The largest absolute Gasteiger partial charge is 0.486 e. The average molecular weight is 265 g/mol. The van der Waals surface area contributed by atoms with Crippen LogP contribution in [0.1, 0.15) is 18.5 Å². The first-order valence-corrected chi connectivity index (χ1v) is 6.29. The molecule has 1 aromatic rings. The van der Waals surface area contributed by atoms with E-state index in [4.69, 9.17) is 9.47 Å². The predicted octanol–water partition coefficient (Wildman–Crippen LogP) is 1.78. The zero-order valence-electron chi connectivity index (χ0n) is 11.4. The van der Waals surface area contributed by atoms with E-state index in [1.807, 2.05) is 37.2 Å². The Kier molecular flexibility index (Phi) is 3.95. The van der Waals surface area contributed by atoms with E-state index in [1.165, 1.54) is 0 Å². The third-order valence-corrected chi connectivity index (χ3v) is 3.33. The van der Waals surface area contributed by atoms with Gasteiger partial charge in [-0.05, 0) is 31.8 Å². The number of carbonyl (C=O) groups is 1. The maximum absolute atomic E-state index is 11.2. The summed E-state index contributed by atoms with van der Waals surface area (Å²) in [6, 6.07) is 5.42. The lowest BCUT2D eigenvalue weighted by molar-refractivity contribution is -0.143. The number of benzene rings is 1. The highest BCUT2D eigenvalue weighted by Gasteiger charge is 2.28. The Bertz CT molecular complexity index is 473. The van der Waals surface area contributed by atoms with Crippen molar-refractivity contribution in [3.05, 3.63) is 23.8 Å². The van der Waals surface area contributed by atoms with Gasteiger partial charge in [-0.15, -0.1) is 0 Å². The van der Waals surface area contributed by atoms with Crippen LogP contribution < -0.4 is 9.47 Å². The molecule has 0 radical (unpaired) electrons. The third kappa shape index (κ3) is 2.81. The summed E-state index contributed by atoms with van der Waals surface area (Å²) in [4.78, 5) is 13.1. The van der Waals surface area contributed by atoms with Gasteiger partial charge in [0.2, 0.25) is 0 Å². The molecular formula is C14H19NO4. The van der Waals surface area contributed by atoms with Crippen LogP contribution in [0.4, 0.5) is 0 Å². The molecule has 0 aliphatic carbocycles. The first kappa shape index (κ1) is 13.7. The van der Waals surface area contributed by atoms with Gasteiger partial charge < -0.3 is 19.5 Å². The maximum atomic E-state index is 11.2. The summed E-state index contributed by atoms with van der Waals surface area (Å²) in [5.41, 5.74) is 0.921. The van der Waals surface area contributed by atoms with E-state index < -0.39 is 11.9 Å². The zero-order valence-corrected chi connectivity index (χ0v) is 11.4. The standard InChI is InChI=1S/C14H19NO4/c1-9(14(16)17)13(15(2)3)10-4-5-11-12(8-10)19-7-6-18-11/h4-5,8-9,13H,6-7H2,1-3H3,(H,16,17). The molecule has 1 aromatic carbocycles. The van der Waals surface area contributed by atoms with E-state index in [9.17, 15) is 9.90 Å². The minimum atomic E-state index is -0.811. The fourth-order valence-electron chi connectivity index (χ4n) is 2.41. The topological polar surface area (TPSA) is 59.0 Å². The maximum Gasteiger partial charge on any atom is 0.308 e. The van der Waals surface area contributed by atoms with Crippen molar-refractivity contribution in [3.63, 3.8) is 0 Å². The van der Waals surface area contributed by atoms with Gasteiger partial charge in [-0.1, -0.05) is 13.0 Å². The summed E-state index contributed by atoms with van der Waals surface area (Å²) in [6.07, 6.45) is 0. The normalized spacial score (nSPS) is 17.1. The first-order valence-electron chi connectivity index (χ1n) is 6.29. The highest BCUT2D eigenvalue weighted by molar-refractivity contribution is 5.71. The molecule has 1 N–H and O–H groups in total. The summed E-state index contributed by atoms with van der Waals surface area (Å²) < 4.78 is 11.0. The molecule has 0 bridgehead atoms. The second-order valence-electron chi connectivity index (χ2n) is 4.94. The Balaban J connectivity index is 2.34. The Morgan fingerprint density at radius 3 is 2.47 bits per heavy atom. The minimum Gasteiger partial charge on any atom is -0.486 e. The molecule has 0 saturated carbocycles. The molecule has 1 aliphatic rings. The molecule has 2 unspecified atom stereocenters. The third-order valence-electron chi connectivity index (χ3n) is 3.33. The van der Waals surface area contributed by atoms with Gasteiger partial charge in [0.05, 0.1) is 5.92 Å². The lowest BCUT2D eigenvalue weighted by atomic mass is 9.93. The summed E-state index contributed by atoms with van der Waals surface area (Å²) in [7, 11) is 3.75. The Labute approximate surface area is 112 Å². The van der Waals surface area contributed by atoms with Crippen LogP contribution in [0.15, 0.2) is 18.2 Å². The number of aliphatic carboxylic acids is 1. The molecule has 1 heterocycles. The average Bonchev–Trinajstić information content (AvgIpc) is 2.38. The molecule has 5 nitrogen and oxygen atoms in total. The van der Waals surface area contributed by atoms with Crippen LogP contribution in [-0.4, -0.2) is 43.3 Å². The summed E-state index contributed by atoms with van der Waals surface area (Å²) in [5.74, 6) is 0.0924. The van der Waals surface area contributed by atoms with Crippen LogP contribution in [0.3, 0.4) is 0 Å². The van der Waals surface area contributed by atoms with Gasteiger partial charge in [0.15, 0.2) is 11.5 Å². The molecule has 0 spiro atoms. The van der Waals surface area contributed by atoms with Crippen molar-refractivity contribution in [1.82, 2.24) is 4.90 Å². The van der Waals surface area contributed by atoms with Crippen LogP contribution in [-0.2, 0) is 4.79 Å². The van der Waals surface area contributed by atoms with E-state index in [1.54, 1.807) is 6.92 Å². The first-order chi connectivity index (χ1) is 9.00. The van der Waals surface area contributed by atoms with E-state index in [0.29, 0.717) is 19.0 Å².